The van der Waals surface area contributed by atoms with E-state index in [1.54, 1.807) is 7.11 Å². The monoisotopic (exact) mass is 555 g/mol. The average molecular weight is 556 g/mol. The maximum Gasteiger partial charge on any atom is 0.228 e. The van der Waals surface area contributed by atoms with E-state index in [0.29, 0.717) is 22.9 Å². The van der Waals surface area contributed by atoms with E-state index in [9.17, 15) is 9.90 Å². The van der Waals surface area contributed by atoms with E-state index in [-0.39, 0.29) is 35.9 Å². The second-order valence-corrected chi connectivity index (χ2v) is 12.4. The van der Waals surface area contributed by atoms with E-state index in [4.69, 9.17) is 25.8 Å². The summed E-state index contributed by atoms with van der Waals surface area (Å²) in [6.07, 6.45) is 5.71. The first kappa shape index (κ1) is 28.3. The Hall–Kier alpha value is -2.28. The molecule has 1 amide bonds. The smallest absolute Gasteiger partial charge is 0.228 e. The van der Waals surface area contributed by atoms with Crippen molar-refractivity contribution >= 4 is 17.5 Å². The normalized spacial score (nSPS) is 25.8. The third-order valence-electron chi connectivity index (χ3n) is 9.14. The number of aliphatic hydroxyl groups is 1. The van der Waals surface area contributed by atoms with Gasteiger partial charge in [0.05, 0.1) is 31.3 Å². The molecule has 0 radical (unpaired) electrons. The third-order valence-corrected chi connectivity index (χ3v) is 9.39. The molecule has 2 aromatic rings. The quantitative estimate of drug-likeness (QED) is 0.431. The van der Waals surface area contributed by atoms with Gasteiger partial charge in [-0.05, 0) is 112 Å². The highest BCUT2D eigenvalue weighted by molar-refractivity contribution is 6.30. The Morgan fingerprint density at radius 2 is 1.64 bits per heavy atom. The summed E-state index contributed by atoms with van der Waals surface area (Å²) in [6, 6.07) is 11.7. The van der Waals surface area contributed by atoms with E-state index >= 15 is 0 Å². The number of hydrogen-bond donors (Lipinski definition) is 1. The van der Waals surface area contributed by atoms with Crippen molar-refractivity contribution in [1.82, 2.24) is 4.90 Å². The molecule has 1 N–H and O–H groups in total. The number of fused-ring (bicyclic) bond motifs is 1. The molecule has 1 saturated carbocycles. The molecule has 0 bridgehead atoms. The molecule has 3 aliphatic rings. The molecule has 2 aromatic carbocycles. The number of halogens is 1. The molecule has 2 atom stereocenters. The van der Waals surface area contributed by atoms with Crippen molar-refractivity contribution in [3.63, 3.8) is 0 Å². The first-order chi connectivity index (χ1) is 18.7. The molecule has 2 fully saturated rings. The van der Waals surface area contributed by atoms with Gasteiger partial charge in [-0.1, -0.05) is 23.7 Å². The van der Waals surface area contributed by atoms with Crippen LogP contribution >= 0.6 is 11.6 Å². The Labute approximate surface area is 237 Å². The van der Waals surface area contributed by atoms with Gasteiger partial charge in [0.15, 0.2) is 11.5 Å². The molecule has 2 heterocycles. The zero-order valence-electron chi connectivity index (χ0n) is 23.6. The van der Waals surface area contributed by atoms with Crippen molar-refractivity contribution < 1.29 is 24.1 Å². The summed E-state index contributed by atoms with van der Waals surface area (Å²) in [5.41, 5.74) is 2.37. The van der Waals surface area contributed by atoms with E-state index in [1.807, 2.05) is 51.1 Å². The highest BCUT2D eigenvalue weighted by atomic mass is 35.5. The number of ether oxygens (including phenoxy) is 3. The molecule has 7 heteroatoms. The number of carbonyl (C=O) groups excluding carboxylic acids is 1. The van der Waals surface area contributed by atoms with Crippen LogP contribution in [0.25, 0.3) is 0 Å². The highest BCUT2D eigenvalue weighted by Crippen LogP contribution is 2.47. The molecule has 6 nitrogen and oxygen atoms in total. The summed E-state index contributed by atoms with van der Waals surface area (Å²) in [7, 11) is 1.64. The van der Waals surface area contributed by atoms with Crippen LogP contribution in [0.4, 0.5) is 0 Å². The summed E-state index contributed by atoms with van der Waals surface area (Å²) in [5.74, 6) is 1.97. The fourth-order valence-electron chi connectivity index (χ4n) is 7.03. The van der Waals surface area contributed by atoms with Gasteiger partial charge in [0, 0.05) is 24.3 Å². The number of benzene rings is 2. The Kier molecular flexibility index (Phi) is 8.46. The SMILES string of the molecule is COc1cc2c(cc1OC(C)C)[C@H](c1ccc(Cl)cc1)N([C@H]1CC[C@H]([C@@](C)(O)C3CCOCC3)CC1)C(=O)C2. The van der Waals surface area contributed by atoms with Crippen molar-refractivity contribution in [2.45, 2.75) is 89.5 Å². The first-order valence-electron chi connectivity index (χ1n) is 14.4. The predicted octanol–water partition coefficient (Wildman–Crippen LogP) is 6.35. The molecule has 0 aromatic heterocycles. The van der Waals surface area contributed by atoms with Crippen LogP contribution in [0.5, 0.6) is 11.5 Å². The van der Waals surface area contributed by atoms with Crippen LogP contribution in [0.2, 0.25) is 5.02 Å². The first-order valence-corrected chi connectivity index (χ1v) is 14.8. The van der Waals surface area contributed by atoms with Gasteiger partial charge < -0.3 is 24.2 Å². The van der Waals surface area contributed by atoms with Crippen LogP contribution in [0.1, 0.15) is 82.0 Å². The maximum atomic E-state index is 13.9. The molecular weight excluding hydrogens is 514 g/mol. The van der Waals surface area contributed by atoms with Gasteiger partial charge in [0.25, 0.3) is 0 Å². The lowest BCUT2D eigenvalue weighted by Crippen LogP contribution is -2.51. The van der Waals surface area contributed by atoms with E-state index in [2.05, 4.69) is 11.0 Å². The number of carbonyl (C=O) groups is 1. The van der Waals surface area contributed by atoms with Gasteiger partial charge in [0.1, 0.15) is 0 Å². The van der Waals surface area contributed by atoms with Gasteiger partial charge in [-0.2, -0.15) is 0 Å². The number of hydrogen-bond acceptors (Lipinski definition) is 5. The minimum absolute atomic E-state index is 0.00828. The largest absolute Gasteiger partial charge is 0.493 e. The summed E-state index contributed by atoms with van der Waals surface area (Å²) >= 11 is 6.26. The minimum Gasteiger partial charge on any atom is -0.493 e. The van der Waals surface area contributed by atoms with Gasteiger partial charge >= 0.3 is 0 Å². The van der Waals surface area contributed by atoms with Crippen LogP contribution in [0.15, 0.2) is 36.4 Å². The summed E-state index contributed by atoms with van der Waals surface area (Å²) < 4.78 is 17.3. The average Bonchev–Trinajstić information content (AvgIpc) is 2.93. The van der Waals surface area contributed by atoms with Gasteiger partial charge in [-0.3, -0.25) is 4.79 Å². The van der Waals surface area contributed by atoms with Crippen LogP contribution in [0, 0.1) is 11.8 Å². The maximum absolute atomic E-state index is 13.9. The van der Waals surface area contributed by atoms with E-state index in [0.717, 1.165) is 68.4 Å². The van der Waals surface area contributed by atoms with Crippen LogP contribution < -0.4 is 9.47 Å². The molecule has 1 aliphatic carbocycles. The van der Waals surface area contributed by atoms with Crippen LogP contribution in [-0.2, 0) is 16.0 Å². The Morgan fingerprint density at radius 1 is 1.00 bits per heavy atom. The van der Waals surface area contributed by atoms with Crippen molar-refractivity contribution in [1.29, 1.82) is 0 Å². The van der Waals surface area contributed by atoms with Crippen molar-refractivity contribution in [2.24, 2.45) is 11.8 Å². The van der Waals surface area contributed by atoms with Gasteiger partial charge in [-0.15, -0.1) is 0 Å². The summed E-state index contributed by atoms with van der Waals surface area (Å²) in [5, 5.41) is 12.2. The molecule has 1 saturated heterocycles. The third kappa shape index (κ3) is 5.79. The zero-order valence-corrected chi connectivity index (χ0v) is 24.4. The van der Waals surface area contributed by atoms with Crippen LogP contribution in [-0.4, -0.2) is 54.0 Å². The Balaban J connectivity index is 1.46. The number of nitrogens with zero attached hydrogens (tertiary/aromatic N) is 1. The van der Waals surface area contributed by atoms with E-state index in [1.165, 1.54) is 0 Å². The lowest BCUT2D eigenvalue weighted by Gasteiger charge is -2.48. The summed E-state index contributed by atoms with van der Waals surface area (Å²) in [4.78, 5) is 16.0. The molecule has 0 spiro atoms. The van der Waals surface area contributed by atoms with Gasteiger partial charge in [-0.25, -0.2) is 0 Å². The number of amides is 1. The lowest BCUT2D eigenvalue weighted by molar-refractivity contribution is -0.139. The van der Waals surface area contributed by atoms with Crippen molar-refractivity contribution in [2.75, 3.05) is 20.3 Å². The molecular formula is C32H42ClNO5. The molecule has 5 rings (SSSR count). The van der Waals surface area contributed by atoms with Crippen molar-refractivity contribution in [3.05, 3.63) is 58.1 Å². The molecule has 39 heavy (non-hydrogen) atoms. The Morgan fingerprint density at radius 3 is 2.26 bits per heavy atom. The lowest BCUT2D eigenvalue weighted by atomic mass is 9.68. The van der Waals surface area contributed by atoms with Gasteiger partial charge in [0.2, 0.25) is 5.91 Å². The zero-order chi connectivity index (χ0) is 27.7. The molecule has 0 unspecified atom stereocenters. The number of rotatable bonds is 7. The molecule has 2 aliphatic heterocycles. The standard InChI is InChI=1S/C32H42ClNO5/c1-20(2)39-29-19-27-22(17-28(29)37-4)18-30(35)34(31(27)21-5-9-25(33)10-6-21)26-11-7-23(8-12-26)32(3,36)24-13-15-38-16-14-24/h5-6,9-10,17,19-20,23-24,26,31,36H,7-8,11-16,18H2,1-4H3/t23-,26-,31-,32+/m0/s1. The minimum atomic E-state index is -0.706. The fraction of sp³-hybridized carbons (Fsp3) is 0.594. The highest BCUT2D eigenvalue weighted by Gasteiger charge is 2.45. The van der Waals surface area contributed by atoms with Crippen LogP contribution in [0.3, 0.4) is 0 Å². The second kappa shape index (κ2) is 11.7. The Bertz CT molecular complexity index is 1150. The van der Waals surface area contributed by atoms with Crippen molar-refractivity contribution in [3.8, 4) is 11.5 Å². The molecule has 212 valence electrons. The topological polar surface area (TPSA) is 68.2 Å². The van der Waals surface area contributed by atoms with E-state index < -0.39 is 5.60 Å². The fourth-order valence-corrected chi connectivity index (χ4v) is 7.16. The predicted molar refractivity (Wildman–Crippen MR) is 153 cm³/mol. The summed E-state index contributed by atoms with van der Waals surface area (Å²) in [6.45, 7) is 7.48. The number of methoxy groups -OCH3 is 1. The second-order valence-electron chi connectivity index (χ2n) is 11.9.